The van der Waals surface area contributed by atoms with Crippen LogP contribution in [0.3, 0.4) is 0 Å². The lowest BCUT2D eigenvalue weighted by molar-refractivity contribution is 0.799. The van der Waals surface area contributed by atoms with Crippen molar-refractivity contribution >= 4 is 61.8 Å². The topological polar surface area (TPSA) is 81.6 Å². The number of rotatable bonds is 6. The highest BCUT2D eigenvalue weighted by molar-refractivity contribution is 9.10. The molecule has 0 unspecified atom stereocenters. The lowest BCUT2D eigenvalue weighted by Gasteiger charge is -2.07. The zero-order valence-electron chi connectivity index (χ0n) is 12.5. The SMILES string of the molecule is CCCCNc1nc(N)c2nc(Br)n(Cc3ccc(Cl)s3)c2n1. The Bertz CT molecular complexity index is 830. The lowest BCUT2D eigenvalue weighted by atomic mass is 10.3. The van der Waals surface area contributed by atoms with E-state index >= 15 is 0 Å². The number of halogens is 2. The molecule has 122 valence electrons. The van der Waals surface area contributed by atoms with Crippen LogP contribution in [0.15, 0.2) is 16.9 Å². The molecule has 0 atom stereocenters. The van der Waals surface area contributed by atoms with Crippen molar-refractivity contribution < 1.29 is 0 Å². The Morgan fingerprint density at radius 1 is 1.35 bits per heavy atom. The van der Waals surface area contributed by atoms with Crippen LogP contribution in [0.5, 0.6) is 0 Å². The van der Waals surface area contributed by atoms with Gasteiger partial charge in [0, 0.05) is 11.4 Å². The second-order valence-electron chi connectivity index (χ2n) is 5.06. The van der Waals surface area contributed by atoms with Crippen LogP contribution in [0, 0.1) is 0 Å². The summed E-state index contributed by atoms with van der Waals surface area (Å²) in [5, 5.41) is 3.21. The fourth-order valence-electron chi connectivity index (χ4n) is 2.18. The Morgan fingerprint density at radius 2 is 2.17 bits per heavy atom. The molecule has 0 fully saturated rings. The molecule has 0 bridgehead atoms. The molecule has 0 saturated carbocycles. The molecule has 0 aliphatic heterocycles. The predicted molar refractivity (Wildman–Crippen MR) is 99.3 cm³/mol. The molecule has 23 heavy (non-hydrogen) atoms. The summed E-state index contributed by atoms with van der Waals surface area (Å²) in [7, 11) is 0. The van der Waals surface area contributed by atoms with Gasteiger partial charge in [-0.25, -0.2) is 4.98 Å². The van der Waals surface area contributed by atoms with Gasteiger partial charge < -0.3 is 11.1 Å². The summed E-state index contributed by atoms with van der Waals surface area (Å²) in [6.07, 6.45) is 2.16. The van der Waals surface area contributed by atoms with Gasteiger partial charge in [-0.05, 0) is 34.5 Å². The minimum absolute atomic E-state index is 0.373. The van der Waals surface area contributed by atoms with Gasteiger partial charge in [0.15, 0.2) is 21.7 Å². The molecule has 0 aromatic carbocycles. The minimum atomic E-state index is 0.373. The van der Waals surface area contributed by atoms with Crippen LogP contribution in [0.4, 0.5) is 11.8 Å². The Hall–Kier alpha value is -1.38. The third-order valence-corrected chi connectivity index (χ3v) is 5.15. The van der Waals surface area contributed by atoms with Crippen molar-refractivity contribution in [2.24, 2.45) is 0 Å². The highest BCUT2D eigenvalue weighted by Crippen LogP contribution is 2.27. The van der Waals surface area contributed by atoms with Gasteiger partial charge >= 0.3 is 0 Å². The van der Waals surface area contributed by atoms with Gasteiger partial charge in [0.2, 0.25) is 5.95 Å². The van der Waals surface area contributed by atoms with Gasteiger partial charge in [-0.2, -0.15) is 9.97 Å². The first-order valence-corrected chi connectivity index (χ1v) is 9.24. The Labute approximate surface area is 151 Å². The maximum absolute atomic E-state index is 6.03. The quantitative estimate of drug-likeness (QED) is 0.467. The lowest BCUT2D eigenvalue weighted by Crippen LogP contribution is -2.08. The predicted octanol–water partition coefficient (Wildman–Crippen LogP) is 4.15. The van der Waals surface area contributed by atoms with E-state index in [0.29, 0.717) is 34.2 Å². The van der Waals surface area contributed by atoms with E-state index in [1.54, 1.807) is 0 Å². The largest absolute Gasteiger partial charge is 0.382 e. The van der Waals surface area contributed by atoms with Crippen molar-refractivity contribution in [3.05, 3.63) is 26.1 Å². The van der Waals surface area contributed by atoms with Crippen LogP contribution in [0.2, 0.25) is 4.34 Å². The molecule has 3 aromatic rings. The first-order valence-electron chi connectivity index (χ1n) is 7.25. The summed E-state index contributed by atoms with van der Waals surface area (Å²) in [5.41, 5.74) is 7.33. The van der Waals surface area contributed by atoms with Crippen molar-refractivity contribution in [3.8, 4) is 0 Å². The van der Waals surface area contributed by atoms with Crippen molar-refractivity contribution in [2.75, 3.05) is 17.6 Å². The molecule has 3 N–H and O–H groups in total. The summed E-state index contributed by atoms with van der Waals surface area (Å²) in [6, 6.07) is 3.88. The fraction of sp³-hybridized carbons (Fsp3) is 0.357. The van der Waals surface area contributed by atoms with Crippen LogP contribution in [-0.2, 0) is 6.54 Å². The van der Waals surface area contributed by atoms with E-state index in [2.05, 4.69) is 43.1 Å². The molecule has 0 aliphatic carbocycles. The van der Waals surface area contributed by atoms with E-state index in [1.165, 1.54) is 11.3 Å². The zero-order valence-corrected chi connectivity index (χ0v) is 15.7. The summed E-state index contributed by atoms with van der Waals surface area (Å²) >= 11 is 11.0. The zero-order chi connectivity index (χ0) is 16.4. The highest BCUT2D eigenvalue weighted by Gasteiger charge is 2.16. The van der Waals surface area contributed by atoms with Crippen molar-refractivity contribution in [1.82, 2.24) is 19.5 Å². The molecule has 0 radical (unpaired) electrons. The summed E-state index contributed by atoms with van der Waals surface area (Å²) in [6.45, 7) is 3.58. The number of unbranched alkanes of at least 4 members (excludes halogenated alkanes) is 1. The van der Waals surface area contributed by atoms with E-state index in [4.69, 9.17) is 17.3 Å². The van der Waals surface area contributed by atoms with Crippen molar-refractivity contribution in [2.45, 2.75) is 26.3 Å². The number of thiophene rings is 1. The number of nitrogens with one attached hydrogen (secondary N) is 1. The number of nitrogens with zero attached hydrogens (tertiary/aromatic N) is 4. The highest BCUT2D eigenvalue weighted by atomic mass is 79.9. The summed E-state index contributed by atoms with van der Waals surface area (Å²) in [5.74, 6) is 0.902. The first kappa shape index (κ1) is 16.5. The molecule has 0 spiro atoms. The maximum atomic E-state index is 6.03. The normalized spacial score (nSPS) is 11.3. The molecule has 3 heterocycles. The molecule has 3 rings (SSSR count). The van der Waals surface area contributed by atoms with Crippen LogP contribution in [0.25, 0.3) is 11.2 Å². The number of nitrogen functional groups attached to an aromatic ring is 1. The Kier molecular flexibility index (Phi) is 5.03. The number of anilines is 2. The third kappa shape index (κ3) is 3.59. The molecule has 3 aromatic heterocycles. The van der Waals surface area contributed by atoms with Crippen molar-refractivity contribution in [3.63, 3.8) is 0 Å². The Balaban J connectivity index is 1.97. The van der Waals surface area contributed by atoms with E-state index in [-0.39, 0.29) is 0 Å². The van der Waals surface area contributed by atoms with Crippen LogP contribution in [-0.4, -0.2) is 26.1 Å². The van der Waals surface area contributed by atoms with E-state index in [1.807, 2.05) is 16.7 Å². The second-order valence-corrected chi connectivity index (χ2v) is 7.57. The number of imidazole rings is 1. The second kappa shape index (κ2) is 7.02. The molecule has 0 amide bonds. The summed E-state index contributed by atoms with van der Waals surface area (Å²) in [4.78, 5) is 14.4. The molecular formula is C14H16BrClN6S. The minimum Gasteiger partial charge on any atom is -0.382 e. The van der Waals surface area contributed by atoms with Crippen LogP contribution < -0.4 is 11.1 Å². The maximum Gasteiger partial charge on any atom is 0.226 e. The van der Waals surface area contributed by atoms with E-state index < -0.39 is 0 Å². The Morgan fingerprint density at radius 3 is 2.87 bits per heavy atom. The standard InChI is InChI=1S/C14H16BrClN6S/c1-2-3-6-18-14-20-11(17)10-12(21-14)22(13(15)19-10)7-8-4-5-9(16)23-8/h4-5H,2-3,6-7H2,1H3,(H3,17,18,20,21). The fourth-order valence-corrected chi connectivity index (χ4v) is 3.73. The van der Waals surface area contributed by atoms with Crippen molar-refractivity contribution in [1.29, 1.82) is 0 Å². The van der Waals surface area contributed by atoms with E-state index in [9.17, 15) is 0 Å². The number of aromatic nitrogens is 4. The average molecular weight is 416 g/mol. The number of fused-ring (bicyclic) bond motifs is 1. The van der Waals surface area contributed by atoms with Gasteiger partial charge in [-0.15, -0.1) is 11.3 Å². The molecule has 0 aliphatic rings. The molecular weight excluding hydrogens is 400 g/mol. The molecule has 9 heteroatoms. The monoisotopic (exact) mass is 414 g/mol. The van der Waals surface area contributed by atoms with Gasteiger partial charge in [-0.1, -0.05) is 24.9 Å². The third-order valence-electron chi connectivity index (χ3n) is 3.33. The molecule has 0 saturated heterocycles. The van der Waals surface area contributed by atoms with Gasteiger partial charge in [0.1, 0.15) is 0 Å². The van der Waals surface area contributed by atoms with Gasteiger partial charge in [-0.3, -0.25) is 4.57 Å². The van der Waals surface area contributed by atoms with E-state index in [0.717, 1.165) is 28.6 Å². The van der Waals surface area contributed by atoms with Gasteiger partial charge in [0.25, 0.3) is 0 Å². The van der Waals surface area contributed by atoms with Crippen LogP contribution >= 0.6 is 38.9 Å². The number of hydrogen-bond acceptors (Lipinski definition) is 6. The number of hydrogen-bond donors (Lipinski definition) is 2. The first-order chi connectivity index (χ1) is 11.1. The number of nitrogens with two attached hydrogens (primary N) is 1. The molecule has 6 nitrogen and oxygen atoms in total. The van der Waals surface area contributed by atoms with Gasteiger partial charge in [0.05, 0.1) is 10.9 Å². The summed E-state index contributed by atoms with van der Waals surface area (Å²) < 4.78 is 3.39. The van der Waals surface area contributed by atoms with Crippen LogP contribution in [0.1, 0.15) is 24.6 Å². The smallest absolute Gasteiger partial charge is 0.226 e. The average Bonchev–Trinajstić information content (AvgIpc) is 3.05.